The fourth-order valence-corrected chi connectivity index (χ4v) is 10.6. The molecule has 1 spiro atoms. The first-order valence-corrected chi connectivity index (χ1v) is 20.5. The number of rotatable bonds is 4. The van der Waals surface area contributed by atoms with Gasteiger partial charge in [0.25, 0.3) is 0 Å². The van der Waals surface area contributed by atoms with E-state index in [1.54, 1.807) is 0 Å². The third kappa shape index (κ3) is 4.92. The lowest BCUT2D eigenvalue weighted by Gasteiger charge is -2.40. The number of benzene rings is 8. The Morgan fingerprint density at radius 1 is 0.345 bits per heavy atom. The predicted molar refractivity (Wildman–Crippen MR) is 238 cm³/mol. The van der Waals surface area contributed by atoms with Crippen molar-refractivity contribution in [2.45, 2.75) is 15.2 Å². The molecule has 0 radical (unpaired) electrons. The summed E-state index contributed by atoms with van der Waals surface area (Å²) >= 11 is 1.87. The summed E-state index contributed by atoms with van der Waals surface area (Å²) in [5.74, 6) is 0.699. The minimum Gasteiger partial charge on any atom is -0.247 e. The highest BCUT2D eigenvalue weighted by molar-refractivity contribution is 7.99. The van der Waals surface area contributed by atoms with Crippen LogP contribution in [0.15, 0.2) is 210 Å². The van der Waals surface area contributed by atoms with Gasteiger partial charge in [0.15, 0.2) is 5.82 Å². The van der Waals surface area contributed by atoms with Gasteiger partial charge >= 0.3 is 0 Å². The van der Waals surface area contributed by atoms with Gasteiger partial charge in [0.1, 0.15) is 0 Å². The zero-order valence-corrected chi connectivity index (χ0v) is 32.1. The summed E-state index contributed by atoms with van der Waals surface area (Å²) in [6, 6.07) is 71.9. The van der Waals surface area contributed by atoms with Gasteiger partial charge in [-0.3, -0.25) is 0 Å². The molecule has 270 valence electrons. The van der Waals surface area contributed by atoms with E-state index in [4.69, 9.17) is 15.0 Å². The van der Waals surface area contributed by atoms with Crippen LogP contribution in [0.25, 0.3) is 78.0 Å². The summed E-state index contributed by atoms with van der Waals surface area (Å²) in [7, 11) is 0. The van der Waals surface area contributed by atoms with Crippen LogP contribution in [0, 0.1) is 0 Å². The maximum atomic E-state index is 5.45. The van der Waals surface area contributed by atoms with Crippen LogP contribution in [0.3, 0.4) is 0 Å². The molecule has 0 amide bonds. The van der Waals surface area contributed by atoms with E-state index in [0.717, 1.165) is 55.6 Å². The molecule has 0 saturated carbocycles. The van der Waals surface area contributed by atoms with Gasteiger partial charge in [-0.05, 0) is 75.2 Å². The Labute approximate surface area is 340 Å². The third-order valence-corrected chi connectivity index (χ3v) is 13.1. The molecule has 10 aromatic rings. The van der Waals surface area contributed by atoms with Crippen molar-refractivity contribution in [2.75, 3.05) is 0 Å². The molecule has 58 heavy (non-hydrogen) atoms. The van der Waals surface area contributed by atoms with E-state index in [-0.39, 0.29) is 0 Å². The molecule has 0 atom stereocenters. The average molecular weight is 756 g/mol. The summed E-state index contributed by atoms with van der Waals surface area (Å²) in [6.45, 7) is 0. The first kappa shape index (κ1) is 33.0. The topological polar surface area (TPSA) is 38.7 Å². The highest BCUT2D eigenvalue weighted by Crippen LogP contribution is 2.62. The molecule has 0 bridgehead atoms. The lowest BCUT2D eigenvalue weighted by molar-refractivity contribution is 0.724. The second kappa shape index (κ2) is 13.0. The van der Waals surface area contributed by atoms with Gasteiger partial charge in [0, 0.05) is 42.8 Å². The van der Waals surface area contributed by atoms with Gasteiger partial charge in [-0.15, -0.1) is 0 Å². The second-order valence-corrected chi connectivity index (χ2v) is 16.2. The normalized spacial score (nSPS) is 13.2. The van der Waals surface area contributed by atoms with Gasteiger partial charge in [-0.2, -0.15) is 0 Å². The van der Waals surface area contributed by atoms with Gasteiger partial charge < -0.3 is 0 Å². The van der Waals surface area contributed by atoms with E-state index < -0.39 is 5.41 Å². The lowest BCUT2D eigenvalue weighted by atomic mass is 9.67. The van der Waals surface area contributed by atoms with Crippen molar-refractivity contribution in [1.82, 2.24) is 15.0 Å². The molecule has 3 nitrogen and oxygen atoms in total. The number of hydrogen-bond acceptors (Lipinski definition) is 4. The largest absolute Gasteiger partial charge is 0.247 e. The monoisotopic (exact) mass is 755 g/mol. The number of fused-ring (bicyclic) bond motifs is 12. The van der Waals surface area contributed by atoms with E-state index in [9.17, 15) is 0 Å². The Kier molecular flexibility index (Phi) is 7.38. The Morgan fingerprint density at radius 2 is 0.914 bits per heavy atom. The van der Waals surface area contributed by atoms with Gasteiger partial charge in [0.2, 0.25) is 0 Å². The van der Waals surface area contributed by atoms with Crippen molar-refractivity contribution in [3.05, 3.63) is 222 Å². The summed E-state index contributed by atoms with van der Waals surface area (Å²) in [6.07, 6.45) is 0. The lowest BCUT2D eigenvalue weighted by Crippen LogP contribution is -2.32. The van der Waals surface area contributed by atoms with E-state index >= 15 is 0 Å². The molecule has 2 aliphatic rings. The van der Waals surface area contributed by atoms with Crippen molar-refractivity contribution >= 4 is 33.4 Å². The van der Waals surface area contributed by atoms with Crippen molar-refractivity contribution in [3.8, 4) is 56.3 Å². The predicted octanol–water partition coefficient (Wildman–Crippen LogP) is 13.7. The van der Waals surface area contributed by atoms with Crippen molar-refractivity contribution < 1.29 is 0 Å². The number of nitrogens with zero attached hydrogens (tertiary/aromatic N) is 3. The van der Waals surface area contributed by atoms with E-state index in [1.807, 2.05) is 36.0 Å². The molecule has 0 unspecified atom stereocenters. The van der Waals surface area contributed by atoms with Crippen LogP contribution in [0.2, 0.25) is 0 Å². The minimum atomic E-state index is -0.486. The zero-order chi connectivity index (χ0) is 38.2. The molecule has 8 aromatic carbocycles. The van der Waals surface area contributed by atoms with Crippen molar-refractivity contribution in [3.63, 3.8) is 0 Å². The fourth-order valence-electron chi connectivity index (χ4n) is 9.39. The molecule has 0 N–H and O–H groups in total. The van der Waals surface area contributed by atoms with Crippen LogP contribution in [0.5, 0.6) is 0 Å². The van der Waals surface area contributed by atoms with Gasteiger partial charge in [-0.1, -0.05) is 176 Å². The highest BCUT2D eigenvalue weighted by Gasteiger charge is 2.50. The smallest absolute Gasteiger partial charge is 0.160 e. The van der Waals surface area contributed by atoms with E-state index in [1.165, 1.54) is 48.6 Å². The molecule has 12 rings (SSSR count). The second-order valence-electron chi connectivity index (χ2n) is 15.1. The fraction of sp³-hybridized carbons (Fsp3) is 0.0185. The SMILES string of the molecule is c1ccc(-c2cc(-c3ccc4nc(-c5ccccc5)c5cc6c(cc5c4c3)C3(c4ccccc4S6)c4ccccc4-c4ccccc43)nc(-c3ccccc3)n2)cc1. The first-order chi connectivity index (χ1) is 28.7. The Hall–Kier alpha value is -7.14. The van der Waals surface area contributed by atoms with Crippen LogP contribution in [-0.2, 0) is 5.41 Å². The molecule has 1 aliphatic heterocycles. The van der Waals surface area contributed by atoms with Crippen LogP contribution in [0.1, 0.15) is 22.3 Å². The molecule has 0 fully saturated rings. The quantitative estimate of drug-likeness (QED) is 0.168. The summed E-state index contributed by atoms with van der Waals surface area (Å²) in [5, 5.41) is 3.40. The molecular formula is C54H33N3S. The number of hydrogen-bond donors (Lipinski definition) is 0. The Balaban J connectivity index is 1.17. The van der Waals surface area contributed by atoms with E-state index in [2.05, 4.69) is 176 Å². The van der Waals surface area contributed by atoms with Crippen LogP contribution in [-0.4, -0.2) is 15.0 Å². The summed E-state index contributed by atoms with van der Waals surface area (Å²) in [4.78, 5) is 18.3. The highest BCUT2D eigenvalue weighted by atomic mass is 32.2. The average Bonchev–Trinajstić information content (AvgIpc) is 3.59. The summed E-state index contributed by atoms with van der Waals surface area (Å²) < 4.78 is 0. The molecule has 1 aliphatic carbocycles. The Morgan fingerprint density at radius 3 is 1.60 bits per heavy atom. The van der Waals surface area contributed by atoms with Crippen LogP contribution >= 0.6 is 11.8 Å². The third-order valence-electron chi connectivity index (χ3n) is 11.9. The van der Waals surface area contributed by atoms with Crippen molar-refractivity contribution in [2.24, 2.45) is 0 Å². The van der Waals surface area contributed by atoms with E-state index in [0.29, 0.717) is 5.82 Å². The number of pyridine rings is 1. The van der Waals surface area contributed by atoms with Gasteiger partial charge in [0.05, 0.1) is 28.0 Å². The Bertz CT molecular complexity index is 3150. The standard InChI is InChI=1S/C54H33N3S/c1-4-16-34(17-5-1)48-33-49(57-53(56-48)36-20-8-3-9-21-36)37-28-29-47-41(30-37)40-31-46-51(32-42(40)52(55-47)35-18-6-2-7-19-35)58-50-27-15-14-26-45(50)54(46)43-24-12-10-22-38(43)39-23-11-13-25-44(39)54/h1-33H. The van der Waals surface area contributed by atoms with Gasteiger partial charge in [-0.25, -0.2) is 15.0 Å². The van der Waals surface area contributed by atoms with Crippen molar-refractivity contribution in [1.29, 1.82) is 0 Å². The molecule has 3 heterocycles. The molecule has 2 aromatic heterocycles. The first-order valence-electron chi connectivity index (χ1n) is 19.7. The molecule has 4 heteroatoms. The zero-order valence-electron chi connectivity index (χ0n) is 31.3. The van der Waals surface area contributed by atoms with Crippen LogP contribution < -0.4 is 0 Å². The maximum absolute atomic E-state index is 5.45. The minimum absolute atomic E-state index is 0.486. The molecule has 0 saturated heterocycles. The van der Waals surface area contributed by atoms with Crippen LogP contribution in [0.4, 0.5) is 0 Å². The molecular weight excluding hydrogens is 723 g/mol. The summed E-state index contributed by atoms with van der Waals surface area (Å²) in [5.41, 5.74) is 15.2. The maximum Gasteiger partial charge on any atom is 0.160 e. The number of aromatic nitrogens is 3.